The van der Waals surface area contributed by atoms with Crippen molar-refractivity contribution < 1.29 is 4.74 Å². The van der Waals surface area contributed by atoms with Crippen molar-refractivity contribution in [3.8, 4) is 5.75 Å². The zero-order valence-electron chi connectivity index (χ0n) is 16.6. The molecule has 3 aromatic rings. The molecule has 0 atom stereocenters. The van der Waals surface area contributed by atoms with Gasteiger partial charge in [0.2, 0.25) is 0 Å². The first-order valence-electron chi connectivity index (χ1n) is 9.67. The minimum absolute atomic E-state index is 0.658. The first kappa shape index (κ1) is 21.2. The zero-order chi connectivity index (χ0) is 20.3. The monoisotopic (exact) mass is 422 g/mol. The summed E-state index contributed by atoms with van der Waals surface area (Å²) in [6, 6.07) is 27.1. The minimum atomic E-state index is 0.658. The molecule has 0 amide bonds. The molecule has 150 valence electrons. The van der Waals surface area contributed by atoms with Crippen LogP contribution in [0.2, 0.25) is 0 Å². The molecule has 0 heterocycles. The van der Waals surface area contributed by atoms with E-state index >= 15 is 0 Å². The van der Waals surface area contributed by atoms with Gasteiger partial charge in [-0.15, -0.1) is 11.8 Å². The van der Waals surface area contributed by atoms with Crippen molar-refractivity contribution in [2.75, 3.05) is 19.0 Å². The van der Waals surface area contributed by atoms with E-state index in [0.29, 0.717) is 5.11 Å². The Morgan fingerprint density at radius 2 is 1.59 bits per heavy atom. The van der Waals surface area contributed by atoms with Crippen molar-refractivity contribution in [3.05, 3.63) is 90.0 Å². The normalized spacial score (nSPS) is 10.4. The highest BCUT2D eigenvalue weighted by Crippen LogP contribution is 2.23. The van der Waals surface area contributed by atoms with E-state index in [2.05, 4.69) is 71.3 Å². The van der Waals surface area contributed by atoms with Crippen LogP contribution in [0, 0.1) is 0 Å². The maximum Gasteiger partial charge on any atom is 0.170 e. The second-order valence-corrected chi connectivity index (χ2v) is 8.09. The van der Waals surface area contributed by atoms with Crippen LogP contribution in [0.5, 0.6) is 5.75 Å². The van der Waals surface area contributed by atoms with Crippen LogP contribution in [-0.4, -0.2) is 18.8 Å². The first-order valence-corrected chi connectivity index (χ1v) is 11.1. The quantitative estimate of drug-likeness (QED) is 0.255. The van der Waals surface area contributed by atoms with Crippen LogP contribution in [0.1, 0.15) is 17.5 Å². The van der Waals surface area contributed by atoms with Crippen LogP contribution in [0.4, 0.5) is 5.69 Å². The molecule has 0 unspecified atom stereocenters. The SMILES string of the molecule is COc1ccc(CCCNC(=S)Nc2ccc(CSc3ccccc3)cc2)cc1. The maximum atomic E-state index is 5.40. The van der Waals surface area contributed by atoms with Gasteiger partial charge in [-0.3, -0.25) is 0 Å². The Balaban J connectivity index is 1.35. The van der Waals surface area contributed by atoms with Crippen molar-refractivity contribution >= 4 is 34.8 Å². The molecule has 3 aromatic carbocycles. The predicted octanol–water partition coefficient (Wildman–Crippen LogP) is 5.91. The molecule has 5 heteroatoms. The summed E-state index contributed by atoms with van der Waals surface area (Å²) in [5.41, 5.74) is 3.60. The highest BCUT2D eigenvalue weighted by atomic mass is 32.2. The molecule has 3 nitrogen and oxygen atoms in total. The number of hydrogen-bond acceptors (Lipinski definition) is 3. The van der Waals surface area contributed by atoms with Gasteiger partial charge in [0.15, 0.2) is 5.11 Å². The molecule has 0 radical (unpaired) electrons. The van der Waals surface area contributed by atoms with Crippen LogP contribution in [0.25, 0.3) is 0 Å². The van der Waals surface area contributed by atoms with Crippen molar-refractivity contribution in [3.63, 3.8) is 0 Å². The Hall–Kier alpha value is -2.50. The number of aryl methyl sites for hydroxylation is 1. The molecule has 2 N–H and O–H groups in total. The first-order chi connectivity index (χ1) is 14.2. The maximum absolute atomic E-state index is 5.40. The molecule has 29 heavy (non-hydrogen) atoms. The summed E-state index contributed by atoms with van der Waals surface area (Å²) < 4.78 is 5.19. The topological polar surface area (TPSA) is 33.3 Å². The van der Waals surface area contributed by atoms with Gasteiger partial charge < -0.3 is 15.4 Å². The zero-order valence-corrected chi connectivity index (χ0v) is 18.2. The van der Waals surface area contributed by atoms with Crippen LogP contribution in [-0.2, 0) is 12.2 Å². The Labute approximate surface area is 182 Å². The van der Waals surface area contributed by atoms with Crippen LogP contribution < -0.4 is 15.4 Å². The highest BCUT2D eigenvalue weighted by Gasteiger charge is 2.00. The van der Waals surface area contributed by atoms with E-state index in [1.54, 1.807) is 7.11 Å². The Morgan fingerprint density at radius 1 is 0.897 bits per heavy atom. The lowest BCUT2D eigenvalue weighted by Gasteiger charge is -2.11. The number of thioether (sulfide) groups is 1. The van der Waals surface area contributed by atoms with Gasteiger partial charge in [0.1, 0.15) is 5.75 Å². The third kappa shape index (κ3) is 7.44. The van der Waals surface area contributed by atoms with Gasteiger partial charge in [-0.2, -0.15) is 0 Å². The number of benzene rings is 3. The minimum Gasteiger partial charge on any atom is -0.497 e. The number of hydrogen-bond donors (Lipinski definition) is 2. The molecule has 0 saturated heterocycles. The van der Waals surface area contributed by atoms with Gasteiger partial charge >= 0.3 is 0 Å². The molecule has 0 spiro atoms. The molecule has 0 fully saturated rings. The van der Waals surface area contributed by atoms with Gasteiger partial charge in [0, 0.05) is 22.9 Å². The van der Waals surface area contributed by atoms with Gasteiger partial charge in [-0.25, -0.2) is 0 Å². The van der Waals surface area contributed by atoms with E-state index in [9.17, 15) is 0 Å². The molecule has 0 aliphatic rings. The lowest BCUT2D eigenvalue weighted by molar-refractivity contribution is 0.414. The van der Waals surface area contributed by atoms with Crippen molar-refractivity contribution in [2.24, 2.45) is 0 Å². The Bertz CT molecular complexity index is 881. The van der Waals surface area contributed by atoms with Crippen LogP contribution in [0.15, 0.2) is 83.8 Å². The Morgan fingerprint density at radius 3 is 2.28 bits per heavy atom. The Kier molecular flexibility index (Phi) is 8.40. The number of anilines is 1. The van der Waals surface area contributed by atoms with Crippen LogP contribution >= 0.6 is 24.0 Å². The number of ether oxygens (including phenoxy) is 1. The van der Waals surface area contributed by atoms with E-state index in [1.165, 1.54) is 16.0 Å². The van der Waals surface area contributed by atoms with Gasteiger partial charge in [0.05, 0.1) is 7.11 Å². The fourth-order valence-electron chi connectivity index (χ4n) is 2.83. The third-order valence-corrected chi connectivity index (χ3v) is 5.78. The van der Waals surface area contributed by atoms with Gasteiger partial charge in [0.25, 0.3) is 0 Å². The molecular formula is C24H26N2OS2. The van der Waals surface area contributed by atoms with E-state index in [1.807, 2.05) is 30.0 Å². The van der Waals surface area contributed by atoms with E-state index in [4.69, 9.17) is 17.0 Å². The fourth-order valence-corrected chi connectivity index (χ4v) is 3.92. The average Bonchev–Trinajstić information content (AvgIpc) is 2.77. The van der Waals surface area contributed by atoms with Crippen molar-refractivity contribution in [1.82, 2.24) is 5.32 Å². The molecule has 0 aliphatic heterocycles. The number of nitrogens with one attached hydrogen (secondary N) is 2. The number of thiocarbonyl (C=S) groups is 1. The second-order valence-electron chi connectivity index (χ2n) is 6.63. The van der Waals surface area contributed by atoms with E-state index in [-0.39, 0.29) is 0 Å². The summed E-state index contributed by atoms with van der Waals surface area (Å²) in [6.07, 6.45) is 2.02. The third-order valence-electron chi connectivity index (χ3n) is 4.45. The van der Waals surface area contributed by atoms with Crippen molar-refractivity contribution in [1.29, 1.82) is 0 Å². The largest absolute Gasteiger partial charge is 0.497 e. The van der Waals surface area contributed by atoms with Crippen molar-refractivity contribution in [2.45, 2.75) is 23.5 Å². The molecule has 0 bridgehead atoms. The lowest BCUT2D eigenvalue weighted by atomic mass is 10.1. The summed E-state index contributed by atoms with van der Waals surface area (Å²) in [5.74, 6) is 1.85. The molecule has 0 aromatic heterocycles. The van der Waals surface area contributed by atoms with Crippen LogP contribution in [0.3, 0.4) is 0 Å². The molecule has 0 aliphatic carbocycles. The fraction of sp³-hybridized carbons (Fsp3) is 0.208. The smallest absolute Gasteiger partial charge is 0.170 e. The summed E-state index contributed by atoms with van der Waals surface area (Å²) in [6.45, 7) is 0.837. The molecule has 0 saturated carbocycles. The summed E-state index contributed by atoms with van der Waals surface area (Å²) in [5, 5.41) is 7.19. The standard InChI is InChI=1S/C24H26N2OS2/c1-27-22-15-11-19(12-16-22)6-5-17-25-24(28)26-21-13-9-20(10-14-21)18-29-23-7-3-2-4-8-23/h2-4,7-16H,5-6,17-18H2,1H3,(H2,25,26,28). The number of methoxy groups -OCH3 is 1. The van der Waals surface area contributed by atoms with E-state index < -0.39 is 0 Å². The predicted molar refractivity (Wildman–Crippen MR) is 128 cm³/mol. The average molecular weight is 423 g/mol. The molecular weight excluding hydrogens is 396 g/mol. The highest BCUT2D eigenvalue weighted by molar-refractivity contribution is 7.98. The van der Waals surface area contributed by atoms with Gasteiger partial charge in [-0.05, 0) is 72.6 Å². The summed E-state index contributed by atoms with van der Waals surface area (Å²) in [4.78, 5) is 1.29. The second kappa shape index (κ2) is 11.5. The number of rotatable bonds is 9. The van der Waals surface area contributed by atoms with E-state index in [0.717, 1.165) is 36.6 Å². The molecule has 3 rings (SSSR count). The summed E-state index contributed by atoms with van der Waals surface area (Å²) in [7, 11) is 1.68. The van der Waals surface area contributed by atoms with Gasteiger partial charge in [-0.1, -0.05) is 42.5 Å². The lowest BCUT2D eigenvalue weighted by Crippen LogP contribution is -2.29. The summed E-state index contributed by atoms with van der Waals surface area (Å²) >= 11 is 7.25.